The largest absolute Gasteiger partial charge is 0.496 e. The van der Waals surface area contributed by atoms with Crippen LogP contribution in [0.15, 0.2) is 42.0 Å². The van der Waals surface area contributed by atoms with Gasteiger partial charge in [0.25, 0.3) is 5.91 Å². The molecule has 1 saturated heterocycles. The second-order valence-corrected chi connectivity index (χ2v) is 10.5. The fraction of sp³-hybridized carbons (Fsp3) is 0.407. The number of benzene rings is 1. The smallest absolute Gasteiger partial charge is 0.257 e. The van der Waals surface area contributed by atoms with Gasteiger partial charge in [0.2, 0.25) is 5.91 Å². The first-order chi connectivity index (χ1) is 17.5. The van der Waals surface area contributed by atoms with Gasteiger partial charge in [-0.15, -0.1) is 11.3 Å². The van der Waals surface area contributed by atoms with Crippen molar-refractivity contribution in [2.75, 3.05) is 45.7 Å². The molecule has 0 radical (unpaired) electrons. The van der Waals surface area contributed by atoms with Gasteiger partial charge in [0, 0.05) is 43.5 Å². The molecule has 8 nitrogen and oxygen atoms in total. The predicted molar refractivity (Wildman–Crippen MR) is 141 cm³/mol. The second kappa shape index (κ2) is 10.8. The number of nitrogens with zero attached hydrogens (tertiary/aromatic N) is 4. The van der Waals surface area contributed by atoms with E-state index in [0.29, 0.717) is 42.4 Å². The van der Waals surface area contributed by atoms with Gasteiger partial charge in [-0.25, -0.2) is 4.98 Å². The number of nitrogens with one attached hydrogen (secondary N) is 1. The van der Waals surface area contributed by atoms with Crippen LogP contribution < -0.4 is 10.1 Å². The fourth-order valence-corrected chi connectivity index (χ4v) is 5.33. The average Bonchev–Trinajstić information content (AvgIpc) is 3.34. The minimum absolute atomic E-state index is 0.0168. The molecule has 0 atom stereocenters. The number of thiophene rings is 1. The van der Waals surface area contributed by atoms with Gasteiger partial charge in [0.05, 0.1) is 47.0 Å². The molecular formula is C27H31N5O3S. The normalized spacial score (nSPS) is 16.4. The van der Waals surface area contributed by atoms with Crippen molar-refractivity contribution >= 4 is 28.8 Å². The molecule has 2 fully saturated rings. The Bertz CT molecular complexity index is 1250. The first-order valence-corrected chi connectivity index (χ1v) is 13.2. The summed E-state index contributed by atoms with van der Waals surface area (Å²) in [5, 5.41) is 4.94. The topological polar surface area (TPSA) is 87.7 Å². The Kier molecular flexibility index (Phi) is 7.29. The van der Waals surface area contributed by atoms with E-state index in [-0.39, 0.29) is 11.8 Å². The van der Waals surface area contributed by atoms with Gasteiger partial charge in [0.1, 0.15) is 5.75 Å². The molecule has 0 bridgehead atoms. The third-order valence-corrected chi connectivity index (χ3v) is 7.94. The number of carbonyl (C=O) groups is 2. The molecule has 0 unspecified atom stereocenters. The van der Waals surface area contributed by atoms with Gasteiger partial charge >= 0.3 is 0 Å². The molecule has 2 aliphatic rings. The molecule has 1 aliphatic heterocycles. The van der Waals surface area contributed by atoms with Gasteiger partial charge in [-0.05, 0) is 44.0 Å². The number of hydrogen-bond acceptors (Lipinski definition) is 7. The third kappa shape index (κ3) is 5.42. The van der Waals surface area contributed by atoms with E-state index in [2.05, 4.69) is 22.2 Å². The van der Waals surface area contributed by atoms with E-state index in [1.165, 1.54) is 17.8 Å². The molecule has 2 amide bonds. The zero-order valence-corrected chi connectivity index (χ0v) is 21.5. The van der Waals surface area contributed by atoms with Crippen molar-refractivity contribution < 1.29 is 14.3 Å². The molecule has 1 aromatic carbocycles. The Morgan fingerprint density at radius 1 is 1.11 bits per heavy atom. The number of amides is 2. The highest BCUT2D eigenvalue weighted by Crippen LogP contribution is 2.33. The Hall–Kier alpha value is -3.30. The maximum atomic E-state index is 13.1. The van der Waals surface area contributed by atoms with Crippen LogP contribution in [0.1, 0.15) is 36.0 Å². The number of aromatic nitrogens is 2. The Morgan fingerprint density at radius 3 is 2.61 bits per heavy atom. The molecule has 3 aromatic rings. The van der Waals surface area contributed by atoms with Crippen molar-refractivity contribution in [1.29, 1.82) is 0 Å². The molecule has 1 N–H and O–H groups in total. The predicted octanol–water partition coefficient (Wildman–Crippen LogP) is 4.40. The first-order valence-electron chi connectivity index (χ1n) is 12.4. The number of rotatable bonds is 7. The summed E-state index contributed by atoms with van der Waals surface area (Å²) >= 11 is 1.52. The summed E-state index contributed by atoms with van der Waals surface area (Å²) in [4.78, 5) is 39.6. The zero-order valence-electron chi connectivity index (χ0n) is 20.7. The van der Waals surface area contributed by atoms with Gasteiger partial charge in [-0.1, -0.05) is 12.5 Å². The van der Waals surface area contributed by atoms with E-state index in [9.17, 15) is 9.59 Å². The highest BCUT2D eigenvalue weighted by atomic mass is 32.1. The molecule has 0 spiro atoms. The third-order valence-electron chi connectivity index (χ3n) is 6.99. The van der Waals surface area contributed by atoms with E-state index < -0.39 is 0 Å². The van der Waals surface area contributed by atoms with Gasteiger partial charge < -0.3 is 19.9 Å². The number of likely N-dealkylation sites (N-methyl/N-ethyl adjacent to an activating group) is 1. The second-order valence-electron chi connectivity index (χ2n) is 9.55. The number of anilines is 1. The molecule has 1 aliphatic carbocycles. The summed E-state index contributed by atoms with van der Waals surface area (Å²) in [7, 11) is 3.64. The molecule has 188 valence electrons. The summed E-state index contributed by atoms with van der Waals surface area (Å²) in [6.07, 6.45) is 7.56. The Labute approximate surface area is 215 Å². The molecular weight excluding hydrogens is 474 g/mol. The van der Waals surface area contributed by atoms with Crippen LogP contribution in [-0.4, -0.2) is 71.9 Å². The zero-order chi connectivity index (χ0) is 25.1. The van der Waals surface area contributed by atoms with Crippen LogP contribution in [0.2, 0.25) is 0 Å². The van der Waals surface area contributed by atoms with E-state index >= 15 is 0 Å². The molecule has 3 heterocycles. The lowest BCUT2D eigenvalue weighted by Gasteiger charge is -2.32. The van der Waals surface area contributed by atoms with Crippen LogP contribution in [0.25, 0.3) is 21.8 Å². The Balaban J connectivity index is 1.31. The number of hydrogen-bond donors (Lipinski definition) is 1. The van der Waals surface area contributed by atoms with Gasteiger partial charge in [-0.3, -0.25) is 14.6 Å². The van der Waals surface area contributed by atoms with E-state index in [1.807, 2.05) is 34.5 Å². The van der Waals surface area contributed by atoms with Crippen molar-refractivity contribution in [2.45, 2.75) is 25.7 Å². The highest BCUT2D eigenvalue weighted by molar-refractivity contribution is 7.14. The van der Waals surface area contributed by atoms with Crippen LogP contribution in [0.5, 0.6) is 5.75 Å². The summed E-state index contributed by atoms with van der Waals surface area (Å²) in [5.74, 6) is 1.11. The minimum Gasteiger partial charge on any atom is -0.496 e. The van der Waals surface area contributed by atoms with Crippen LogP contribution >= 0.6 is 11.3 Å². The van der Waals surface area contributed by atoms with Crippen LogP contribution in [0.3, 0.4) is 0 Å². The maximum absolute atomic E-state index is 13.1. The van der Waals surface area contributed by atoms with Crippen LogP contribution in [-0.2, 0) is 4.79 Å². The number of ether oxygens (including phenoxy) is 1. The molecule has 2 aromatic heterocycles. The molecule has 5 rings (SSSR count). The van der Waals surface area contributed by atoms with E-state index in [0.717, 1.165) is 47.8 Å². The lowest BCUT2D eigenvalue weighted by atomic mass is 9.83. The van der Waals surface area contributed by atoms with Crippen LogP contribution in [0, 0.1) is 5.92 Å². The molecule has 1 saturated carbocycles. The van der Waals surface area contributed by atoms with Crippen molar-refractivity contribution in [3.8, 4) is 27.6 Å². The lowest BCUT2D eigenvalue weighted by molar-refractivity contribution is -0.117. The summed E-state index contributed by atoms with van der Waals surface area (Å²) in [5.41, 5.74) is 3.58. The molecule has 9 heteroatoms. The summed E-state index contributed by atoms with van der Waals surface area (Å²) in [6, 6.07) is 7.48. The molecule has 36 heavy (non-hydrogen) atoms. The quantitative estimate of drug-likeness (QED) is 0.512. The summed E-state index contributed by atoms with van der Waals surface area (Å²) in [6.45, 7) is 3.14. The highest BCUT2D eigenvalue weighted by Gasteiger charge is 2.24. The van der Waals surface area contributed by atoms with Gasteiger partial charge in [0.15, 0.2) is 0 Å². The van der Waals surface area contributed by atoms with Crippen LogP contribution in [0.4, 0.5) is 5.69 Å². The van der Waals surface area contributed by atoms with E-state index in [4.69, 9.17) is 9.72 Å². The monoisotopic (exact) mass is 505 g/mol. The maximum Gasteiger partial charge on any atom is 0.257 e. The summed E-state index contributed by atoms with van der Waals surface area (Å²) < 4.78 is 5.59. The Morgan fingerprint density at radius 2 is 1.89 bits per heavy atom. The van der Waals surface area contributed by atoms with Crippen molar-refractivity contribution in [1.82, 2.24) is 19.8 Å². The standard InChI is InChI=1S/C27H31N5O3S/c1-31-8-10-32(11-9-31)27(34)21-7-6-19(13-24(21)35-2)22-15-28-16-23(30-22)25-14-20(17-36-25)29-26(33)12-18-4-3-5-18/h6-7,13-18H,3-5,8-12H2,1-2H3,(H,29,33). The minimum atomic E-state index is -0.0168. The van der Waals surface area contributed by atoms with E-state index in [1.54, 1.807) is 19.5 Å². The first kappa shape index (κ1) is 24.4. The number of carbonyl (C=O) groups excluding carboxylic acids is 2. The lowest BCUT2D eigenvalue weighted by Crippen LogP contribution is -2.47. The van der Waals surface area contributed by atoms with Gasteiger partial charge in [-0.2, -0.15) is 0 Å². The number of piperazine rings is 1. The fourth-order valence-electron chi connectivity index (χ4n) is 4.54. The number of methoxy groups -OCH3 is 1. The SMILES string of the molecule is COc1cc(-c2cncc(-c3cc(NC(=O)CC4CCC4)cs3)n2)ccc1C(=O)N1CCN(C)CC1. The van der Waals surface area contributed by atoms with Crippen molar-refractivity contribution in [3.63, 3.8) is 0 Å². The van der Waals surface area contributed by atoms with Crippen molar-refractivity contribution in [3.05, 3.63) is 47.6 Å². The average molecular weight is 506 g/mol. The van der Waals surface area contributed by atoms with Crippen molar-refractivity contribution in [2.24, 2.45) is 5.92 Å².